The zero-order valence-corrected chi connectivity index (χ0v) is 16.9. The first-order valence-electron chi connectivity index (χ1n) is 10.8. The van der Waals surface area contributed by atoms with E-state index < -0.39 is 0 Å². The Morgan fingerprint density at radius 1 is 1.14 bits per heavy atom. The van der Waals surface area contributed by atoms with Crippen molar-refractivity contribution in [3.8, 4) is 0 Å². The molecule has 0 amide bonds. The first-order valence-corrected chi connectivity index (χ1v) is 10.8. The summed E-state index contributed by atoms with van der Waals surface area (Å²) in [4.78, 5) is 9.46. The molecule has 1 saturated carbocycles. The number of halogens is 1. The van der Waals surface area contributed by atoms with E-state index in [2.05, 4.69) is 20.1 Å². The molecule has 1 aromatic carbocycles. The number of aliphatic imine (C=N–C) groups is 1. The quantitative estimate of drug-likeness (QED) is 0.636. The molecule has 0 radical (unpaired) electrons. The van der Waals surface area contributed by atoms with Gasteiger partial charge < -0.3 is 15.0 Å². The second-order valence-corrected chi connectivity index (χ2v) is 8.35. The molecule has 3 aliphatic rings. The first-order chi connectivity index (χ1) is 13.7. The number of ether oxygens (including phenoxy) is 1. The number of hydrogen-bond acceptors (Lipinski definition) is 3. The molecule has 0 spiro atoms. The largest absolute Gasteiger partial charge is 0.379 e. The van der Waals surface area contributed by atoms with Crippen molar-refractivity contribution >= 4 is 5.96 Å². The summed E-state index contributed by atoms with van der Waals surface area (Å²) in [5.41, 5.74) is 1.14. The van der Waals surface area contributed by atoms with Crippen LogP contribution >= 0.6 is 0 Å². The van der Waals surface area contributed by atoms with Crippen LogP contribution in [0.3, 0.4) is 0 Å². The average molecular weight is 389 g/mol. The van der Waals surface area contributed by atoms with E-state index >= 15 is 0 Å². The molecule has 6 heteroatoms. The lowest BCUT2D eigenvalue weighted by Crippen LogP contribution is -2.47. The van der Waals surface area contributed by atoms with Crippen LogP contribution in [-0.4, -0.2) is 68.7 Å². The van der Waals surface area contributed by atoms with Crippen LogP contribution in [0.5, 0.6) is 0 Å². The fourth-order valence-electron chi connectivity index (χ4n) is 5.13. The van der Waals surface area contributed by atoms with Gasteiger partial charge in [0.15, 0.2) is 5.96 Å². The van der Waals surface area contributed by atoms with Gasteiger partial charge in [0, 0.05) is 39.8 Å². The highest BCUT2D eigenvalue weighted by Gasteiger charge is 2.35. The number of nitrogens with zero attached hydrogens (tertiary/aromatic N) is 3. The maximum atomic E-state index is 13.4. The fourth-order valence-corrected chi connectivity index (χ4v) is 5.13. The number of guanidine groups is 1. The predicted octanol–water partition coefficient (Wildman–Crippen LogP) is 2.90. The highest BCUT2D eigenvalue weighted by Crippen LogP contribution is 2.36. The van der Waals surface area contributed by atoms with E-state index in [0.717, 1.165) is 69.3 Å². The summed E-state index contributed by atoms with van der Waals surface area (Å²) in [5.74, 6) is 2.49. The molecule has 1 N–H and O–H groups in total. The number of benzene rings is 1. The van der Waals surface area contributed by atoms with Crippen LogP contribution in [0, 0.1) is 17.7 Å². The molecule has 0 aromatic heterocycles. The lowest BCUT2D eigenvalue weighted by atomic mass is 9.82. The van der Waals surface area contributed by atoms with Crippen molar-refractivity contribution in [2.45, 2.75) is 31.7 Å². The smallest absolute Gasteiger partial charge is 0.193 e. The van der Waals surface area contributed by atoms with Gasteiger partial charge in [-0.1, -0.05) is 25.0 Å². The first kappa shape index (κ1) is 19.6. The SMILES string of the molecule is CN=C(NCC(c1ccc(F)cc1)N1CCOCC1)N1CC2CCCCC2C1. The van der Waals surface area contributed by atoms with Crippen molar-refractivity contribution in [1.29, 1.82) is 0 Å². The second kappa shape index (κ2) is 9.23. The second-order valence-electron chi connectivity index (χ2n) is 8.35. The van der Waals surface area contributed by atoms with Crippen LogP contribution in [0.25, 0.3) is 0 Å². The topological polar surface area (TPSA) is 40.1 Å². The molecule has 4 rings (SSSR count). The van der Waals surface area contributed by atoms with Crippen molar-refractivity contribution in [3.63, 3.8) is 0 Å². The van der Waals surface area contributed by atoms with Gasteiger partial charge in [-0.05, 0) is 42.4 Å². The zero-order chi connectivity index (χ0) is 19.3. The molecule has 2 heterocycles. The van der Waals surface area contributed by atoms with Crippen LogP contribution in [0.15, 0.2) is 29.3 Å². The number of morpholine rings is 1. The molecular formula is C22H33FN4O. The Labute approximate surface area is 167 Å². The molecule has 154 valence electrons. The van der Waals surface area contributed by atoms with Crippen molar-refractivity contribution in [3.05, 3.63) is 35.6 Å². The summed E-state index contributed by atoms with van der Waals surface area (Å²) in [5, 5.41) is 3.63. The lowest BCUT2D eigenvalue weighted by molar-refractivity contribution is 0.0169. The Bertz CT molecular complexity index is 645. The van der Waals surface area contributed by atoms with E-state index in [1.165, 1.54) is 25.7 Å². The van der Waals surface area contributed by atoms with Gasteiger partial charge in [-0.2, -0.15) is 0 Å². The van der Waals surface area contributed by atoms with Gasteiger partial charge in [-0.15, -0.1) is 0 Å². The summed E-state index contributed by atoms with van der Waals surface area (Å²) in [6.07, 6.45) is 5.49. The van der Waals surface area contributed by atoms with E-state index in [-0.39, 0.29) is 11.9 Å². The van der Waals surface area contributed by atoms with Crippen LogP contribution in [0.2, 0.25) is 0 Å². The molecule has 3 unspecified atom stereocenters. The summed E-state index contributed by atoms with van der Waals surface area (Å²) in [7, 11) is 1.88. The normalized spacial score (nSPS) is 27.5. The van der Waals surface area contributed by atoms with Crippen LogP contribution in [-0.2, 0) is 4.74 Å². The number of likely N-dealkylation sites (tertiary alicyclic amines) is 1. The highest BCUT2D eigenvalue weighted by atomic mass is 19.1. The Hall–Kier alpha value is -1.66. The minimum atomic E-state index is -0.187. The van der Waals surface area contributed by atoms with Crippen LogP contribution < -0.4 is 5.32 Å². The van der Waals surface area contributed by atoms with Crippen LogP contribution in [0.4, 0.5) is 4.39 Å². The minimum absolute atomic E-state index is 0.186. The molecule has 3 fully saturated rings. The molecule has 1 aromatic rings. The van der Waals surface area contributed by atoms with Crippen molar-refractivity contribution < 1.29 is 9.13 Å². The molecule has 2 saturated heterocycles. The molecule has 28 heavy (non-hydrogen) atoms. The third kappa shape index (κ3) is 4.49. The average Bonchev–Trinajstić information content (AvgIpc) is 3.17. The van der Waals surface area contributed by atoms with Gasteiger partial charge >= 0.3 is 0 Å². The maximum Gasteiger partial charge on any atom is 0.193 e. The van der Waals surface area contributed by atoms with E-state index in [0.29, 0.717) is 0 Å². The summed E-state index contributed by atoms with van der Waals surface area (Å²) < 4.78 is 19.0. The molecule has 3 atom stereocenters. The molecule has 0 bridgehead atoms. The predicted molar refractivity (Wildman–Crippen MR) is 110 cm³/mol. The molecule has 1 aliphatic carbocycles. The lowest BCUT2D eigenvalue weighted by Gasteiger charge is -2.35. The summed E-state index contributed by atoms with van der Waals surface area (Å²) in [6.45, 7) is 6.33. The fraction of sp³-hybridized carbons (Fsp3) is 0.682. The standard InChI is InChI=1S/C22H33FN4O/c1-24-22(27-15-18-4-2-3-5-19(18)16-27)25-14-21(26-10-12-28-13-11-26)17-6-8-20(23)9-7-17/h6-9,18-19,21H,2-5,10-16H2,1H3,(H,24,25). The summed E-state index contributed by atoms with van der Waals surface area (Å²) >= 11 is 0. The third-order valence-corrected chi connectivity index (χ3v) is 6.68. The van der Waals surface area contributed by atoms with E-state index in [1.54, 1.807) is 12.1 Å². The Kier molecular flexibility index (Phi) is 6.47. The van der Waals surface area contributed by atoms with Gasteiger partial charge in [0.1, 0.15) is 5.82 Å². The third-order valence-electron chi connectivity index (χ3n) is 6.68. The van der Waals surface area contributed by atoms with Gasteiger partial charge in [0.05, 0.1) is 19.3 Å². The Morgan fingerprint density at radius 3 is 2.39 bits per heavy atom. The van der Waals surface area contributed by atoms with Gasteiger partial charge in [0.2, 0.25) is 0 Å². The minimum Gasteiger partial charge on any atom is -0.379 e. The van der Waals surface area contributed by atoms with Crippen molar-refractivity contribution in [2.75, 3.05) is 53.0 Å². The summed E-state index contributed by atoms with van der Waals surface area (Å²) in [6, 6.07) is 7.12. The van der Waals surface area contributed by atoms with Crippen molar-refractivity contribution in [2.24, 2.45) is 16.8 Å². The molecule has 2 aliphatic heterocycles. The van der Waals surface area contributed by atoms with E-state index in [1.807, 2.05) is 19.2 Å². The Balaban J connectivity index is 1.43. The molecular weight excluding hydrogens is 355 g/mol. The monoisotopic (exact) mass is 388 g/mol. The number of hydrogen-bond donors (Lipinski definition) is 1. The van der Waals surface area contributed by atoms with Crippen molar-refractivity contribution in [1.82, 2.24) is 15.1 Å². The number of fused-ring (bicyclic) bond motifs is 1. The van der Waals surface area contributed by atoms with E-state index in [4.69, 9.17) is 4.74 Å². The maximum absolute atomic E-state index is 13.4. The van der Waals surface area contributed by atoms with Gasteiger partial charge in [-0.25, -0.2) is 4.39 Å². The van der Waals surface area contributed by atoms with Gasteiger partial charge in [-0.3, -0.25) is 9.89 Å². The van der Waals surface area contributed by atoms with Crippen LogP contribution in [0.1, 0.15) is 37.3 Å². The molecule has 5 nitrogen and oxygen atoms in total. The van der Waals surface area contributed by atoms with Gasteiger partial charge in [0.25, 0.3) is 0 Å². The highest BCUT2D eigenvalue weighted by molar-refractivity contribution is 5.80. The number of nitrogens with one attached hydrogen (secondary N) is 1. The number of rotatable bonds is 4. The Morgan fingerprint density at radius 2 is 1.79 bits per heavy atom. The van der Waals surface area contributed by atoms with E-state index in [9.17, 15) is 4.39 Å². The zero-order valence-electron chi connectivity index (χ0n) is 16.9.